The second-order valence-electron chi connectivity index (χ2n) is 5.33. The lowest BCUT2D eigenvalue weighted by atomic mass is 9.97. The summed E-state index contributed by atoms with van der Waals surface area (Å²) in [6, 6.07) is 0.983. The summed E-state index contributed by atoms with van der Waals surface area (Å²) in [5.74, 6) is -1.63. The number of nitrogens with one attached hydrogen (secondary N) is 1. The van der Waals surface area contributed by atoms with Gasteiger partial charge in [0, 0.05) is 37.8 Å². The van der Waals surface area contributed by atoms with Gasteiger partial charge in [0.25, 0.3) is 0 Å². The molecule has 2 nitrogen and oxygen atoms in total. The molecule has 2 rings (SSSR count). The van der Waals surface area contributed by atoms with Crippen molar-refractivity contribution in [2.24, 2.45) is 0 Å². The summed E-state index contributed by atoms with van der Waals surface area (Å²) in [5, 5.41) is 2.94. The number of hydrogen-bond donors (Lipinski definition) is 1. The average Bonchev–Trinajstić information content (AvgIpc) is 2.44. The summed E-state index contributed by atoms with van der Waals surface area (Å²) in [5.41, 5.74) is -2.11. The van der Waals surface area contributed by atoms with Crippen molar-refractivity contribution in [3.05, 3.63) is 35.1 Å². The molecule has 1 fully saturated rings. The molecule has 1 aliphatic heterocycles. The number of halogens is 9. The van der Waals surface area contributed by atoms with E-state index in [1.165, 1.54) is 4.90 Å². The van der Waals surface area contributed by atoms with E-state index in [0.29, 0.717) is 19.2 Å². The number of rotatable bonds is 3. The highest BCUT2D eigenvalue weighted by molar-refractivity contribution is 5.85. The van der Waals surface area contributed by atoms with E-state index in [0.717, 1.165) is 12.1 Å². The summed E-state index contributed by atoms with van der Waals surface area (Å²) in [4.78, 5) is 1.36. The smallest absolute Gasteiger partial charge is 0.314 e. The summed E-state index contributed by atoms with van der Waals surface area (Å²) in [7, 11) is 0. The largest absolute Gasteiger partial charge is 0.419 e. The fourth-order valence-corrected chi connectivity index (χ4v) is 2.67. The highest BCUT2D eigenvalue weighted by Crippen LogP contribution is 2.39. The Morgan fingerprint density at radius 3 is 2.04 bits per heavy atom. The third-order valence-corrected chi connectivity index (χ3v) is 3.71. The van der Waals surface area contributed by atoms with Gasteiger partial charge in [0.05, 0.1) is 12.0 Å². The fourth-order valence-electron chi connectivity index (χ4n) is 2.67. The maximum Gasteiger partial charge on any atom is 0.419 e. The summed E-state index contributed by atoms with van der Waals surface area (Å²) < 4.78 is 91.1. The molecule has 25 heavy (non-hydrogen) atoms. The molecule has 11 heteroatoms. The van der Waals surface area contributed by atoms with Gasteiger partial charge in [-0.05, 0) is 6.07 Å². The van der Waals surface area contributed by atoms with Crippen LogP contribution in [0.4, 0.5) is 30.7 Å². The van der Waals surface area contributed by atoms with Crippen LogP contribution in [0.2, 0.25) is 0 Å². The van der Waals surface area contributed by atoms with Crippen LogP contribution in [-0.2, 0) is 6.18 Å². The van der Waals surface area contributed by atoms with E-state index >= 15 is 0 Å². The van der Waals surface area contributed by atoms with Crippen molar-refractivity contribution in [2.45, 2.75) is 24.8 Å². The lowest BCUT2D eigenvalue weighted by Crippen LogP contribution is -2.46. The fraction of sp³-hybridized carbons (Fsp3) is 0.571. The number of hydrogen-bond acceptors (Lipinski definition) is 2. The van der Waals surface area contributed by atoms with Gasteiger partial charge < -0.3 is 5.32 Å². The van der Waals surface area contributed by atoms with Crippen LogP contribution in [0.5, 0.6) is 0 Å². The molecule has 0 spiro atoms. The Hall–Kier alpha value is -0.770. The Morgan fingerprint density at radius 2 is 1.56 bits per heavy atom. The normalized spacial score (nSPS) is 17.4. The van der Waals surface area contributed by atoms with E-state index in [4.69, 9.17) is 0 Å². The summed E-state index contributed by atoms with van der Waals surface area (Å²) >= 11 is 0. The SMILES string of the molecule is Cl.Cl.Fc1c([C@H](CC(F)(F)F)N2CCNCC2)cccc1C(F)(F)F. The Kier molecular flexibility index (Phi) is 8.96. The predicted molar refractivity (Wildman–Crippen MR) is 83.8 cm³/mol. The molecule has 0 aromatic heterocycles. The van der Waals surface area contributed by atoms with Gasteiger partial charge in [0.1, 0.15) is 5.82 Å². The zero-order chi connectivity index (χ0) is 17.3. The molecular formula is C14H17Cl2F7N2. The molecule has 1 atom stereocenters. The first-order chi connectivity index (χ1) is 10.6. The number of alkyl halides is 6. The zero-order valence-electron chi connectivity index (χ0n) is 12.8. The minimum Gasteiger partial charge on any atom is -0.314 e. The van der Waals surface area contributed by atoms with Gasteiger partial charge in [-0.2, -0.15) is 26.3 Å². The molecule has 0 bridgehead atoms. The van der Waals surface area contributed by atoms with Gasteiger partial charge in [0.2, 0.25) is 0 Å². The van der Waals surface area contributed by atoms with E-state index in [2.05, 4.69) is 5.32 Å². The molecule has 1 N–H and O–H groups in total. The molecule has 0 unspecified atom stereocenters. The third kappa shape index (κ3) is 6.47. The lowest BCUT2D eigenvalue weighted by molar-refractivity contribution is -0.149. The Balaban J connectivity index is 0.00000288. The van der Waals surface area contributed by atoms with E-state index in [9.17, 15) is 30.7 Å². The first-order valence-electron chi connectivity index (χ1n) is 6.97. The van der Waals surface area contributed by atoms with Crippen LogP contribution < -0.4 is 5.32 Å². The van der Waals surface area contributed by atoms with Gasteiger partial charge in [-0.15, -0.1) is 24.8 Å². The first kappa shape index (κ1) is 24.2. The van der Waals surface area contributed by atoms with Crippen LogP contribution in [0.25, 0.3) is 0 Å². The van der Waals surface area contributed by atoms with E-state index in [-0.39, 0.29) is 37.9 Å². The van der Waals surface area contributed by atoms with Gasteiger partial charge in [-0.25, -0.2) is 4.39 Å². The molecular weight excluding hydrogens is 400 g/mol. The maximum atomic E-state index is 14.2. The minimum absolute atomic E-state index is 0. The molecule has 1 aliphatic rings. The topological polar surface area (TPSA) is 15.3 Å². The number of piperazine rings is 1. The lowest BCUT2D eigenvalue weighted by Gasteiger charge is -2.36. The van der Waals surface area contributed by atoms with Gasteiger partial charge >= 0.3 is 12.4 Å². The molecule has 1 heterocycles. The minimum atomic E-state index is -4.95. The molecule has 146 valence electrons. The summed E-state index contributed by atoms with van der Waals surface area (Å²) in [6.07, 6.45) is -11.0. The number of benzene rings is 1. The first-order valence-corrected chi connectivity index (χ1v) is 6.97. The Morgan fingerprint density at radius 1 is 1.00 bits per heavy atom. The standard InChI is InChI=1S/C14H15F7N2.2ClH/c15-12-9(2-1-3-10(12)14(19,20)21)11(8-13(16,17)18)23-6-4-22-5-7-23;;/h1-3,11,22H,4-8H2;2*1H/t11-;;/m0../s1. The van der Waals surface area contributed by atoms with Crippen LogP contribution in [0, 0.1) is 5.82 Å². The quantitative estimate of drug-likeness (QED) is 0.725. The van der Waals surface area contributed by atoms with Crippen LogP contribution in [0.1, 0.15) is 23.6 Å². The molecule has 0 saturated carbocycles. The second-order valence-corrected chi connectivity index (χ2v) is 5.33. The third-order valence-electron chi connectivity index (χ3n) is 3.71. The van der Waals surface area contributed by atoms with Gasteiger partial charge in [-0.3, -0.25) is 4.90 Å². The summed E-state index contributed by atoms with van der Waals surface area (Å²) in [6.45, 7) is 1.21. The second kappa shape index (κ2) is 9.25. The predicted octanol–water partition coefficient (Wildman–Crippen LogP) is 4.59. The van der Waals surface area contributed by atoms with Crippen LogP contribution in [0.15, 0.2) is 18.2 Å². The van der Waals surface area contributed by atoms with Crippen molar-refractivity contribution in [1.82, 2.24) is 10.2 Å². The van der Waals surface area contributed by atoms with E-state index < -0.39 is 41.8 Å². The average molecular weight is 417 g/mol. The maximum absolute atomic E-state index is 14.2. The van der Waals surface area contributed by atoms with Crippen LogP contribution >= 0.6 is 24.8 Å². The molecule has 0 amide bonds. The van der Waals surface area contributed by atoms with E-state index in [1.807, 2.05) is 0 Å². The van der Waals surface area contributed by atoms with Crippen molar-refractivity contribution < 1.29 is 30.7 Å². The highest BCUT2D eigenvalue weighted by atomic mass is 35.5. The molecule has 1 saturated heterocycles. The van der Waals surface area contributed by atoms with Crippen molar-refractivity contribution >= 4 is 24.8 Å². The molecule has 0 radical (unpaired) electrons. The van der Waals surface area contributed by atoms with Crippen molar-refractivity contribution in [2.75, 3.05) is 26.2 Å². The molecule has 1 aromatic rings. The van der Waals surface area contributed by atoms with Crippen LogP contribution in [0.3, 0.4) is 0 Å². The Labute approximate surface area is 152 Å². The monoisotopic (exact) mass is 416 g/mol. The highest BCUT2D eigenvalue weighted by Gasteiger charge is 2.40. The van der Waals surface area contributed by atoms with E-state index in [1.54, 1.807) is 0 Å². The van der Waals surface area contributed by atoms with Crippen LogP contribution in [-0.4, -0.2) is 37.3 Å². The zero-order valence-corrected chi connectivity index (χ0v) is 14.4. The Bertz CT molecular complexity index is 543. The number of nitrogens with zero attached hydrogens (tertiary/aromatic N) is 1. The van der Waals surface area contributed by atoms with Gasteiger partial charge in [-0.1, -0.05) is 12.1 Å². The molecule has 1 aromatic carbocycles. The van der Waals surface area contributed by atoms with Crippen molar-refractivity contribution in [3.8, 4) is 0 Å². The van der Waals surface area contributed by atoms with Crippen molar-refractivity contribution in [3.63, 3.8) is 0 Å². The molecule has 0 aliphatic carbocycles. The van der Waals surface area contributed by atoms with Gasteiger partial charge in [0.15, 0.2) is 0 Å². The van der Waals surface area contributed by atoms with Crippen molar-refractivity contribution in [1.29, 1.82) is 0 Å².